The van der Waals surface area contributed by atoms with Gasteiger partial charge >= 0.3 is 0 Å². The van der Waals surface area contributed by atoms with Gasteiger partial charge in [0.2, 0.25) is 0 Å². The molecule has 98 valence electrons. The summed E-state index contributed by atoms with van der Waals surface area (Å²) in [7, 11) is -2.88. The van der Waals surface area contributed by atoms with Gasteiger partial charge in [-0.15, -0.1) is 5.10 Å². The van der Waals surface area contributed by atoms with Crippen molar-refractivity contribution in [2.24, 2.45) is 0 Å². The topological polar surface area (TPSA) is 44.8 Å². The molecule has 0 aromatic carbocycles. The van der Waals surface area contributed by atoms with E-state index in [-0.39, 0.29) is 0 Å². The Morgan fingerprint density at radius 1 is 1.06 bits per heavy atom. The minimum atomic E-state index is -1.44. The van der Waals surface area contributed by atoms with E-state index in [2.05, 4.69) is 64.8 Å². The first kappa shape index (κ1) is 13.3. The molecule has 0 aliphatic rings. The molecule has 2 rings (SSSR count). The van der Waals surface area contributed by atoms with E-state index in [0.717, 1.165) is 5.65 Å². The van der Waals surface area contributed by atoms with E-state index in [1.54, 1.807) is 0 Å². The van der Waals surface area contributed by atoms with Crippen LogP contribution in [0.1, 0.15) is 0 Å². The molecule has 0 aliphatic carbocycles. The number of hydrogen-bond donors (Lipinski definition) is 1. The molecule has 6 heteroatoms. The van der Waals surface area contributed by atoms with Gasteiger partial charge in [-0.3, -0.25) is 0 Å². The van der Waals surface area contributed by atoms with Crippen molar-refractivity contribution in [2.75, 3.05) is 4.23 Å². The molecule has 1 N–H and O–H groups in total. The van der Waals surface area contributed by atoms with E-state index < -0.39 is 16.5 Å². The predicted molar refractivity (Wildman–Crippen MR) is 83.1 cm³/mol. The summed E-state index contributed by atoms with van der Waals surface area (Å²) < 4.78 is 2.67. The van der Waals surface area contributed by atoms with E-state index in [1.807, 2.05) is 12.4 Å². The molecule has 0 atom stereocenters. The third-order valence-corrected chi connectivity index (χ3v) is 10.1. The molecular weight excluding hydrogens is 256 g/mol. The van der Waals surface area contributed by atoms with Gasteiger partial charge in [-0.1, -0.05) is 39.3 Å². The van der Waals surface area contributed by atoms with Crippen molar-refractivity contribution in [1.29, 1.82) is 0 Å². The number of hydrogen-bond acceptors (Lipinski definition) is 3. The van der Waals surface area contributed by atoms with Crippen molar-refractivity contribution >= 4 is 33.2 Å². The average molecular weight is 279 g/mol. The highest BCUT2D eigenvalue weighted by Crippen LogP contribution is 2.32. The van der Waals surface area contributed by atoms with Crippen LogP contribution in [0.2, 0.25) is 39.3 Å². The maximum atomic E-state index is 4.15. The molecule has 0 spiro atoms. The number of rotatable bonds is 3. The van der Waals surface area contributed by atoms with Gasteiger partial charge in [-0.2, -0.15) is 5.10 Å². The van der Waals surface area contributed by atoms with Crippen LogP contribution in [0, 0.1) is 0 Å². The van der Waals surface area contributed by atoms with Crippen LogP contribution in [0.4, 0.5) is 5.69 Å². The second-order valence-electron chi connectivity index (χ2n) is 6.65. The summed E-state index contributed by atoms with van der Waals surface area (Å²) >= 11 is 0. The van der Waals surface area contributed by atoms with Gasteiger partial charge in [0.1, 0.15) is 16.5 Å². The molecule has 2 aromatic rings. The van der Waals surface area contributed by atoms with E-state index >= 15 is 0 Å². The lowest BCUT2D eigenvalue weighted by Gasteiger charge is -2.45. The van der Waals surface area contributed by atoms with Gasteiger partial charge in [-0.25, -0.2) is 0 Å². The third-order valence-electron chi connectivity index (χ3n) is 2.92. The summed E-state index contributed by atoms with van der Waals surface area (Å²) in [6.45, 7) is 14.4. The van der Waals surface area contributed by atoms with Gasteiger partial charge in [-0.05, 0) is 6.07 Å². The van der Waals surface area contributed by atoms with E-state index in [0.29, 0.717) is 0 Å². The summed E-state index contributed by atoms with van der Waals surface area (Å²) in [6.07, 6.45) is 3.86. The van der Waals surface area contributed by atoms with Crippen molar-refractivity contribution in [3.8, 4) is 0 Å². The Labute approximate surface area is 111 Å². The Morgan fingerprint density at radius 2 is 1.67 bits per heavy atom. The van der Waals surface area contributed by atoms with Gasteiger partial charge in [0.25, 0.3) is 0 Å². The number of anilines is 1. The Hall–Kier alpha value is -1.15. The van der Waals surface area contributed by atoms with Crippen LogP contribution in [0.3, 0.4) is 0 Å². The molecule has 2 heterocycles. The molecular formula is C12H22N4Si2. The maximum absolute atomic E-state index is 4.15. The van der Waals surface area contributed by atoms with Crippen LogP contribution < -0.4 is 4.23 Å². The highest BCUT2D eigenvalue weighted by molar-refractivity contribution is 6.99. The minimum Gasteiger partial charge on any atom is -0.423 e. The smallest absolute Gasteiger partial charge is 0.161 e. The molecule has 0 amide bonds. The molecule has 0 saturated carbocycles. The van der Waals surface area contributed by atoms with Gasteiger partial charge < -0.3 is 9.22 Å². The lowest BCUT2D eigenvalue weighted by atomic mass is 10.3. The van der Waals surface area contributed by atoms with Crippen molar-refractivity contribution in [2.45, 2.75) is 39.3 Å². The van der Waals surface area contributed by atoms with Crippen molar-refractivity contribution in [3.63, 3.8) is 0 Å². The standard InChI is InChI=1S/C12H22N4Si2/c1-17(2,3)16(18(4,5)6)11-9-14-15-12-10(11)7-8-13-12/h7-9H,1-6H3,(H,13,15). The zero-order valence-corrected chi connectivity index (χ0v) is 14.1. The molecule has 0 aliphatic heterocycles. The van der Waals surface area contributed by atoms with Crippen LogP contribution in [0.5, 0.6) is 0 Å². The van der Waals surface area contributed by atoms with Crippen LogP contribution in [-0.2, 0) is 0 Å². The molecule has 4 nitrogen and oxygen atoms in total. The van der Waals surface area contributed by atoms with Gasteiger partial charge in [0.15, 0.2) is 5.65 Å². The Kier molecular flexibility index (Phi) is 3.10. The monoisotopic (exact) mass is 278 g/mol. The van der Waals surface area contributed by atoms with Crippen molar-refractivity contribution < 1.29 is 0 Å². The van der Waals surface area contributed by atoms with Crippen LogP contribution >= 0.6 is 0 Å². The number of nitrogens with one attached hydrogen (secondary N) is 1. The Balaban J connectivity index is 2.66. The predicted octanol–water partition coefficient (Wildman–Crippen LogP) is 3.43. The van der Waals surface area contributed by atoms with Crippen molar-refractivity contribution in [1.82, 2.24) is 15.2 Å². The Bertz CT molecular complexity index is 537. The van der Waals surface area contributed by atoms with Crippen LogP contribution in [0.15, 0.2) is 18.5 Å². The first-order valence-electron chi connectivity index (χ1n) is 6.30. The molecule has 0 saturated heterocycles. The Morgan fingerprint density at radius 3 is 2.22 bits per heavy atom. The molecule has 0 bridgehead atoms. The van der Waals surface area contributed by atoms with Crippen molar-refractivity contribution in [3.05, 3.63) is 18.5 Å². The first-order chi connectivity index (χ1) is 8.21. The first-order valence-corrected chi connectivity index (χ1v) is 13.2. The third kappa shape index (κ3) is 2.35. The van der Waals surface area contributed by atoms with Gasteiger partial charge in [0.05, 0.1) is 11.9 Å². The second-order valence-corrected chi connectivity index (χ2v) is 16.7. The minimum absolute atomic E-state index is 0.883. The average Bonchev–Trinajstić information content (AvgIpc) is 2.61. The number of aromatic amines is 1. The molecule has 0 unspecified atom stereocenters. The fourth-order valence-corrected chi connectivity index (χ4v) is 12.6. The summed E-state index contributed by atoms with van der Waals surface area (Å²) in [5, 5.41) is 9.49. The quantitative estimate of drug-likeness (QED) is 0.875. The highest BCUT2D eigenvalue weighted by atomic mass is 28.4. The summed E-state index contributed by atoms with van der Waals surface area (Å²) in [4.78, 5) is 3.15. The molecule has 0 radical (unpaired) electrons. The summed E-state index contributed by atoms with van der Waals surface area (Å²) in [6, 6.07) is 2.10. The summed E-state index contributed by atoms with van der Waals surface area (Å²) in [5.74, 6) is 0. The molecule has 0 fully saturated rings. The zero-order valence-electron chi connectivity index (χ0n) is 12.1. The van der Waals surface area contributed by atoms with E-state index in [9.17, 15) is 0 Å². The van der Waals surface area contributed by atoms with E-state index in [1.165, 1.54) is 11.1 Å². The summed E-state index contributed by atoms with van der Waals surface area (Å²) in [5.41, 5.74) is 2.13. The van der Waals surface area contributed by atoms with E-state index in [4.69, 9.17) is 0 Å². The maximum Gasteiger partial charge on any atom is 0.161 e. The normalized spacial score (nSPS) is 13.0. The number of aromatic nitrogens is 3. The SMILES string of the molecule is C[Si](C)(C)N(c1cnnc2[nH]ccc12)[Si](C)(C)C. The zero-order chi connectivity index (χ0) is 13.6. The lowest BCUT2D eigenvalue weighted by Crippen LogP contribution is -2.59. The molecule has 18 heavy (non-hydrogen) atoms. The second kappa shape index (κ2) is 4.20. The number of nitrogens with zero attached hydrogens (tertiary/aromatic N) is 3. The number of fused-ring (bicyclic) bond motifs is 1. The van der Waals surface area contributed by atoms with Gasteiger partial charge in [0, 0.05) is 11.6 Å². The fraction of sp³-hybridized carbons (Fsp3) is 0.500. The molecule has 2 aromatic heterocycles. The highest BCUT2D eigenvalue weighted by Gasteiger charge is 2.35. The van der Waals surface area contributed by atoms with Crippen LogP contribution in [-0.4, -0.2) is 31.7 Å². The fourth-order valence-electron chi connectivity index (χ4n) is 2.77. The van der Waals surface area contributed by atoms with Crippen LogP contribution in [0.25, 0.3) is 11.0 Å². The number of H-pyrrole nitrogens is 1. The largest absolute Gasteiger partial charge is 0.423 e. The lowest BCUT2D eigenvalue weighted by molar-refractivity contribution is 1.05.